The van der Waals surface area contributed by atoms with Crippen molar-refractivity contribution in [2.75, 3.05) is 10.6 Å². The molecule has 6 heteroatoms. The zero-order chi connectivity index (χ0) is 19.4. The molecule has 136 valence electrons. The molecule has 0 spiro atoms. The number of aromatic nitrogens is 1. The van der Waals surface area contributed by atoms with Gasteiger partial charge in [0.05, 0.1) is 0 Å². The van der Waals surface area contributed by atoms with Crippen LogP contribution in [0.3, 0.4) is 0 Å². The van der Waals surface area contributed by atoms with Gasteiger partial charge in [0.1, 0.15) is 11.5 Å². The fourth-order valence-electron chi connectivity index (χ4n) is 2.45. The van der Waals surface area contributed by atoms with Crippen molar-refractivity contribution in [2.45, 2.75) is 13.8 Å². The maximum atomic E-state index is 12.9. The van der Waals surface area contributed by atoms with Gasteiger partial charge in [-0.2, -0.15) is 0 Å². The van der Waals surface area contributed by atoms with E-state index in [2.05, 4.69) is 15.6 Å². The van der Waals surface area contributed by atoms with E-state index in [1.54, 1.807) is 0 Å². The van der Waals surface area contributed by atoms with E-state index in [4.69, 9.17) is 0 Å². The second kappa shape index (κ2) is 7.78. The SMILES string of the molecule is Cc1ccc(NC(=O)c2cc(C(=O)Nc3ccc(F)cc3)ccn2)cc1C. The van der Waals surface area contributed by atoms with Gasteiger partial charge < -0.3 is 10.6 Å². The summed E-state index contributed by atoms with van der Waals surface area (Å²) in [5.74, 6) is -1.21. The summed E-state index contributed by atoms with van der Waals surface area (Å²) in [6.07, 6.45) is 1.40. The van der Waals surface area contributed by atoms with E-state index in [1.165, 1.54) is 42.6 Å². The van der Waals surface area contributed by atoms with Crippen molar-refractivity contribution in [1.29, 1.82) is 0 Å². The molecule has 2 N–H and O–H groups in total. The zero-order valence-corrected chi connectivity index (χ0v) is 14.9. The fraction of sp³-hybridized carbons (Fsp3) is 0.0952. The van der Waals surface area contributed by atoms with Gasteiger partial charge in [-0.25, -0.2) is 4.39 Å². The largest absolute Gasteiger partial charge is 0.322 e. The number of pyridine rings is 1. The summed E-state index contributed by atoms with van der Waals surface area (Å²) in [7, 11) is 0. The van der Waals surface area contributed by atoms with Gasteiger partial charge in [-0.3, -0.25) is 14.6 Å². The number of carbonyl (C=O) groups is 2. The van der Waals surface area contributed by atoms with Crippen LogP contribution >= 0.6 is 0 Å². The first kappa shape index (κ1) is 18.3. The minimum Gasteiger partial charge on any atom is -0.322 e. The number of rotatable bonds is 4. The summed E-state index contributed by atoms with van der Waals surface area (Å²) in [6.45, 7) is 3.95. The van der Waals surface area contributed by atoms with Crippen molar-refractivity contribution in [3.63, 3.8) is 0 Å². The minimum absolute atomic E-state index is 0.125. The van der Waals surface area contributed by atoms with Gasteiger partial charge in [-0.1, -0.05) is 6.07 Å². The monoisotopic (exact) mass is 363 g/mol. The fourth-order valence-corrected chi connectivity index (χ4v) is 2.45. The van der Waals surface area contributed by atoms with Crippen molar-refractivity contribution in [2.24, 2.45) is 0 Å². The second-order valence-corrected chi connectivity index (χ2v) is 6.14. The van der Waals surface area contributed by atoms with Crippen LogP contribution in [0.4, 0.5) is 15.8 Å². The molecule has 0 aliphatic heterocycles. The van der Waals surface area contributed by atoms with Crippen molar-refractivity contribution in [1.82, 2.24) is 4.98 Å². The molecule has 5 nitrogen and oxygen atoms in total. The molecule has 0 aliphatic carbocycles. The lowest BCUT2D eigenvalue weighted by Gasteiger charge is -2.09. The molecule has 0 bridgehead atoms. The molecule has 1 heterocycles. The standard InChI is InChI=1S/C21H18FN3O2/c1-13-3-6-18(11-14(13)2)25-21(27)19-12-15(9-10-23-19)20(26)24-17-7-4-16(22)5-8-17/h3-12H,1-2H3,(H,24,26)(H,25,27). The third-order valence-electron chi connectivity index (χ3n) is 4.12. The van der Waals surface area contributed by atoms with Gasteiger partial charge in [-0.15, -0.1) is 0 Å². The quantitative estimate of drug-likeness (QED) is 0.724. The number of anilines is 2. The van der Waals surface area contributed by atoms with E-state index < -0.39 is 11.8 Å². The van der Waals surface area contributed by atoms with E-state index in [0.29, 0.717) is 11.4 Å². The summed E-state index contributed by atoms with van der Waals surface area (Å²) in [5, 5.41) is 5.42. The molecule has 0 atom stereocenters. The lowest BCUT2D eigenvalue weighted by atomic mass is 10.1. The van der Waals surface area contributed by atoms with Crippen LogP contribution < -0.4 is 10.6 Å². The molecule has 0 fully saturated rings. The molecule has 0 unspecified atom stereocenters. The van der Waals surface area contributed by atoms with Crippen molar-refractivity contribution < 1.29 is 14.0 Å². The number of hydrogen-bond donors (Lipinski definition) is 2. The molecular weight excluding hydrogens is 345 g/mol. The number of halogens is 1. The van der Waals surface area contributed by atoms with E-state index in [0.717, 1.165) is 11.1 Å². The Morgan fingerprint density at radius 1 is 0.815 bits per heavy atom. The highest BCUT2D eigenvalue weighted by Crippen LogP contribution is 2.16. The van der Waals surface area contributed by atoms with Gasteiger partial charge >= 0.3 is 0 Å². The van der Waals surface area contributed by atoms with E-state index in [-0.39, 0.29) is 17.1 Å². The van der Waals surface area contributed by atoms with Gasteiger partial charge in [0.25, 0.3) is 11.8 Å². The molecule has 27 heavy (non-hydrogen) atoms. The summed E-state index contributed by atoms with van der Waals surface area (Å²) < 4.78 is 12.9. The molecule has 2 amide bonds. The number of aryl methyl sites for hydroxylation is 2. The molecule has 0 saturated heterocycles. The van der Waals surface area contributed by atoms with Crippen molar-refractivity contribution in [3.8, 4) is 0 Å². The Morgan fingerprint density at radius 3 is 2.19 bits per heavy atom. The van der Waals surface area contributed by atoms with Gasteiger partial charge in [0, 0.05) is 23.1 Å². The van der Waals surface area contributed by atoms with E-state index in [1.807, 2.05) is 32.0 Å². The van der Waals surface area contributed by atoms with Crippen LogP contribution in [-0.2, 0) is 0 Å². The molecular formula is C21H18FN3O2. The predicted molar refractivity (Wildman–Crippen MR) is 102 cm³/mol. The normalized spacial score (nSPS) is 10.3. The molecule has 1 aromatic heterocycles. The highest BCUT2D eigenvalue weighted by atomic mass is 19.1. The van der Waals surface area contributed by atoms with Gasteiger partial charge in [-0.05, 0) is 73.5 Å². The topological polar surface area (TPSA) is 71.1 Å². The van der Waals surface area contributed by atoms with Crippen molar-refractivity contribution in [3.05, 3.63) is 89.0 Å². The summed E-state index contributed by atoms with van der Waals surface area (Å²) >= 11 is 0. The maximum Gasteiger partial charge on any atom is 0.274 e. The molecule has 2 aromatic carbocycles. The van der Waals surface area contributed by atoms with Crippen LogP contribution in [0.25, 0.3) is 0 Å². The number of nitrogens with zero attached hydrogens (tertiary/aromatic N) is 1. The molecule has 3 aromatic rings. The maximum absolute atomic E-state index is 12.9. The number of hydrogen-bond acceptors (Lipinski definition) is 3. The van der Waals surface area contributed by atoms with Crippen LogP contribution in [0.15, 0.2) is 60.8 Å². The van der Waals surface area contributed by atoms with Crippen LogP contribution in [0.5, 0.6) is 0 Å². The summed E-state index contributed by atoms with van der Waals surface area (Å²) in [4.78, 5) is 28.8. The van der Waals surface area contributed by atoms with Gasteiger partial charge in [0.2, 0.25) is 0 Å². The summed E-state index contributed by atoms with van der Waals surface area (Å²) in [5.41, 5.74) is 3.71. The molecule has 0 radical (unpaired) electrons. The summed E-state index contributed by atoms with van der Waals surface area (Å²) in [6, 6.07) is 14.0. The first-order valence-corrected chi connectivity index (χ1v) is 8.34. The Kier molecular flexibility index (Phi) is 5.26. The number of carbonyl (C=O) groups excluding carboxylic acids is 2. The Bertz CT molecular complexity index is 1000. The first-order chi connectivity index (χ1) is 12.9. The third kappa shape index (κ3) is 4.55. The van der Waals surface area contributed by atoms with Crippen LogP contribution in [0.2, 0.25) is 0 Å². The smallest absolute Gasteiger partial charge is 0.274 e. The average Bonchev–Trinajstić information content (AvgIpc) is 2.66. The lowest BCUT2D eigenvalue weighted by molar-refractivity contribution is 0.102. The number of nitrogens with one attached hydrogen (secondary N) is 2. The van der Waals surface area contributed by atoms with Crippen LogP contribution in [0, 0.1) is 19.7 Å². The molecule has 3 rings (SSSR count). The van der Waals surface area contributed by atoms with Crippen LogP contribution in [-0.4, -0.2) is 16.8 Å². The Labute approximate surface area is 156 Å². The Balaban J connectivity index is 1.73. The second-order valence-electron chi connectivity index (χ2n) is 6.14. The van der Waals surface area contributed by atoms with Crippen molar-refractivity contribution >= 4 is 23.2 Å². The predicted octanol–water partition coefficient (Wildman–Crippen LogP) is 4.34. The zero-order valence-electron chi connectivity index (χ0n) is 14.9. The molecule has 0 saturated carbocycles. The minimum atomic E-state index is -0.413. The first-order valence-electron chi connectivity index (χ1n) is 8.34. The van der Waals surface area contributed by atoms with E-state index >= 15 is 0 Å². The lowest BCUT2D eigenvalue weighted by Crippen LogP contribution is -2.17. The highest BCUT2D eigenvalue weighted by Gasteiger charge is 2.13. The van der Waals surface area contributed by atoms with Gasteiger partial charge in [0.15, 0.2) is 0 Å². The van der Waals surface area contributed by atoms with Crippen LogP contribution in [0.1, 0.15) is 32.0 Å². The average molecular weight is 363 g/mol. The Morgan fingerprint density at radius 2 is 1.48 bits per heavy atom. The van der Waals surface area contributed by atoms with E-state index in [9.17, 15) is 14.0 Å². The third-order valence-corrected chi connectivity index (χ3v) is 4.12. The molecule has 0 aliphatic rings. The Hall–Kier alpha value is -3.54. The highest BCUT2D eigenvalue weighted by molar-refractivity contribution is 6.07. The number of amides is 2. The number of benzene rings is 2.